The van der Waals surface area contributed by atoms with Gasteiger partial charge in [-0.05, 0) is 55.2 Å². The molecule has 8 heteroatoms. The molecule has 0 saturated heterocycles. The molecule has 0 aromatic heterocycles. The predicted molar refractivity (Wildman–Crippen MR) is 114 cm³/mol. The summed E-state index contributed by atoms with van der Waals surface area (Å²) in [6, 6.07) is 12.3. The van der Waals surface area contributed by atoms with Crippen LogP contribution < -0.4 is 10.1 Å². The average molecular weight is 431 g/mol. The number of Topliss-reactive ketones (excluding diaryl/α,β-unsaturated/α-hetero) is 1. The minimum Gasteiger partial charge on any atom is -0.482 e. The summed E-state index contributed by atoms with van der Waals surface area (Å²) in [7, 11) is 0. The van der Waals surface area contributed by atoms with Crippen molar-refractivity contribution in [3.8, 4) is 5.75 Å². The Balaban J connectivity index is 1.45. The Kier molecular flexibility index (Phi) is 7.30. The first kappa shape index (κ1) is 21.6. The van der Waals surface area contributed by atoms with Crippen LogP contribution in [-0.2, 0) is 11.2 Å². The summed E-state index contributed by atoms with van der Waals surface area (Å²) in [5, 5.41) is 12.7. The fourth-order valence-corrected chi connectivity index (χ4v) is 3.46. The molecule has 1 aliphatic rings. The number of carbonyl (C=O) groups excluding carboxylic acids is 2. The quantitative estimate of drug-likeness (QED) is 0.458. The lowest BCUT2D eigenvalue weighted by molar-refractivity contribution is -0.118. The molecular formula is C22H23ClN2O5. The van der Waals surface area contributed by atoms with Crippen molar-refractivity contribution in [2.45, 2.75) is 25.7 Å². The third kappa shape index (κ3) is 5.97. The molecule has 0 aliphatic carbocycles. The minimum absolute atomic E-state index is 0.0301. The van der Waals surface area contributed by atoms with Gasteiger partial charge in [-0.25, -0.2) is 4.79 Å². The smallest absolute Gasteiger partial charge is 0.407 e. The highest BCUT2D eigenvalue weighted by Crippen LogP contribution is 2.29. The maximum Gasteiger partial charge on any atom is 0.407 e. The zero-order valence-electron chi connectivity index (χ0n) is 16.4. The summed E-state index contributed by atoms with van der Waals surface area (Å²) >= 11 is 5.96. The molecule has 7 nitrogen and oxygen atoms in total. The first-order valence-corrected chi connectivity index (χ1v) is 10.1. The molecule has 2 amide bonds. The van der Waals surface area contributed by atoms with Crippen LogP contribution in [0.5, 0.6) is 5.75 Å². The SMILES string of the molecule is O=C1COc2ccc(C(=O)CCCCN(CCc3cccc(Cl)c3)C(=O)O)cc2N1. The second-order valence-corrected chi connectivity index (χ2v) is 7.51. The Labute approximate surface area is 179 Å². The number of amides is 2. The number of carbonyl (C=O) groups is 3. The van der Waals surface area contributed by atoms with E-state index in [1.165, 1.54) is 4.90 Å². The minimum atomic E-state index is -0.978. The average Bonchev–Trinajstić information content (AvgIpc) is 2.72. The van der Waals surface area contributed by atoms with Gasteiger partial charge in [0.15, 0.2) is 12.4 Å². The third-order valence-electron chi connectivity index (χ3n) is 4.85. The molecule has 158 valence electrons. The lowest BCUT2D eigenvalue weighted by atomic mass is 10.0. The van der Waals surface area contributed by atoms with Crippen molar-refractivity contribution < 1.29 is 24.2 Å². The molecule has 1 heterocycles. The van der Waals surface area contributed by atoms with Crippen molar-refractivity contribution >= 4 is 35.1 Å². The number of anilines is 1. The van der Waals surface area contributed by atoms with E-state index in [9.17, 15) is 19.5 Å². The number of rotatable bonds is 9. The molecule has 0 radical (unpaired) electrons. The largest absolute Gasteiger partial charge is 0.482 e. The van der Waals surface area contributed by atoms with Gasteiger partial charge in [-0.15, -0.1) is 0 Å². The van der Waals surface area contributed by atoms with Crippen LogP contribution >= 0.6 is 11.6 Å². The van der Waals surface area contributed by atoms with Crippen molar-refractivity contribution in [2.24, 2.45) is 0 Å². The van der Waals surface area contributed by atoms with Crippen LogP contribution in [0.15, 0.2) is 42.5 Å². The standard InChI is InChI=1S/C22H23ClN2O5/c23-17-5-3-4-15(12-17)9-11-25(22(28)29)10-2-1-6-19(26)16-7-8-20-18(13-16)24-21(27)14-30-20/h3-5,7-8,12-13H,1-2,6,9-11,14H2,(H,24,27)(H,28,29). The van der Waals surface area contributed by atoms with Crippen molar-refractivity contribution in [3.63, 3.8) is 0 Å². The number of halogens is 1. The fourth-order valence-electron chi connectivity index (χ4n) is 3.25. The zero-order chi connectivity index (χ0) is 21.5. The summed E-state index contributed by atoms with van der Waals surface area (Å²) in [4.78, 5) is 36.7. The van der Waals surface area contributed by atoms with E-state index in [1.807, 2.05) is 18.2 Å². The molecule has 0 fully saturated rings. The maximum absolute atomic E-state index is 12.4. The number of fused-ring (bicyclic) bond motifs is 1. The molecule has 0 spiro atoms. The van der Waals surface area contributed by atoms with Crippen LogP contribution in [0.3, 0.4) is 0 Å². The van der Waals surface area contributed by atoms with E-state index in [0.29, 0.717) is 60.8 Å². The molecule has 30 heavy (non-hydrogen) atoms. The summed E-state index contributed by atoms with van der Waals surface area (Å²) in [5.74, 6) is 0.236. The van der Waals surface area contributed by atoms with Gasteiger partial charge in [0.05, 0.1) is 5.69 Å². The van der Waals surface area contributed by atoms with Crippen LogP contribution in [0.1, 0.15) is 35.2 Å². The van der Waals surface area contributed by atoms with Crippen molar-refractivity contribution in [1.29, 1.82) is 0 Å². The van der Waals surface area contributed by atoms with E-state index in [2.05, 4.69) is 5.32 Å². The van der Waals surface area contributed by atoms with Gasteiger partial charge in [-0.2, -0.15) is 0 Å². The van der Waals surface area contributed by atoms with Gasteiger partial charge in [0.1, 0.15) is 5.75 Å². The molecule has 0 bridgehead atoms. The summed E-state index contributed by atoms with van der Waals surface area (Å²) < 4.78 is 5.29. The molecular weight excluding hydrogens is 408 g/mol. The highest BCUT2D eigenvalue weighted by Gasteiger charge is 2.18. The number of nitrogens with one attached hydrogen (secondary N) is 1. The van der Waals surface area contributed by atoms with E-state index < -0.39 is 6.09 Å². The monoisotopic (exact) mass is 430 g/mol. The Morgan fingerprint density at radius 1 is 1.13 bits per heavy atom. The molecule has 2 aromatic carbocycles. The van der Waals surface area contributed by atoms with Crippen LogP contribution in [0.4, 0.5) is 10.5 Å². The first-order valence-electron chi connectivity index (χ1n) is 9.74. The lowest BCUT2D eigenvalue weighted by Gasteiger charge is -2.19. The van der Waals surface area contributed by atoms with E-state index >= 15 is 0 Å². The Hall–Kier alpha value is -3.06. The van der Waals surface area contributed by atoms with Crippen molar-refractivity contribution in [3.05, 3.63) is 58.6 Å². The van der Waals surface area contributed by atoms with Gasteiger partial charge in [0.25, 0.3) is 5.91 Å². The number of carboxylic acid groups (broad SMARTS) is 1. The fraction of sp³-hybridized carbons (Fsp3) is 0.318. The van der Waals surface area contributed by atoms with Gasteiger partial charge in [-0.1, -0.05) is 23.7 Å². The van der Waals surface area contributed by atoms with Gasteiger partial charge in [0, 0.05) is 30.1 Å². The van der Waals surface area contributed by atoms with Crippen LogP contribution in [0.25, 0.3) is 0 Å². The van der Waals surface area contributed by atoms with Crippen molar-refractivity contribution in [2.75, 3.05) is 25.0 Å². The van der Waals surface area contributed by atoms with E-state index in [0.717, 1.165) is 5.56 Å². The lowest BCUT2D eigenvalue weighted by Crippen LogP contribution is -2.32. The molecule has 1 aliphatic heterocycles. The number of ketones is 1. The number of unbranched alkanes of at least 4 members (excludes halogenated alkanes) is 1. The van der Waals surface area contributed by atoms with Gasteiger partial charge in [0.2, 0.25) is 0 Å². The van der Waals surface area contributed by atoms with Crippen LogP contribution in [0.2, 0.25) is 5.02 Å². The topological polar surface area (TPSA) is 95.9 Å². The van der Waals surface area contributed by atoms with E-state index in [1.54, 1.807) is 24.3 Å². The Morgan fingerprint density at radius 3 is 2.73 bits per heavy atom. The molecule has 2 N–H and O–H groups in total. The molecule has 0 saturated carbocycles. The van der Waals surface area contributed by atoms with Crippen LogP contribution in [0, 0.1) is 0 Å². The predicted octanol–water partition coefficient (Wildman–Crippen LogP) is 4.25. The second kappa shape index (κ2) is 10.1. The number of benzene rings is 2. The maximum atomic E-state index is 12.4. The van der Waals surface area contributed by atoms with E-state index in [4.69, 9.17) is 16.3 Å². The summed E-state index contributed by atoms with van der Waals surface area (Å²) in [6.45, 7) is 0.698. The normalized spacial score (nSPS) is 12.5. The van der Waals surface area contributed by atoms with Gasteiger partial charge >= 0.3 is 6.09 Å². The highest BCUT2D eigenvalue weighted by atomic mass is 35.5. The van der Waals surface area contributed by atoms with E-state index in [-0.39, 0.29) is 18.3 Å². The molecule has 0 unspecified atom stereocenters. The molecule has 0 atom stereocenters. The van der Waals surface area contributed by atoms with Gasteiger partial charge in [-0.3, -0.25) is 9.59 Å². The summed E-state index contributed by atoms with van der Waals surface area (Å²) in [6.07, 6.45) is 1.05. The molecule has 2 aromatic rings. The number of hydrogen-bond acceptors (Lipinski definition) is 4. The van der Waals surface area contributed by atoms with Gasteiger partial charge < -0.3 is 20.1 Å². The first-order chi connectivity index (χ1) is 14.4. The number of hydrogen-bond donors (Lipinski definition) is 2. The Bertz CT molecular complexity index is 947. The Morgan fingerprint density at radius 2 is 1.97 bits per heavy atom. The zero-order valence-corrected chi connectivity index (χ0v) is 17.2. The van der Waals surface area contributed by atoms with Crippen LogP contribution in [-0.4, -0.2) is 47.5 Å². The second-order valence-electron chi connectivity index (χ2n) is 7.08. The third-order valence-corrected chi connectivity index (χ3v) is 5.08. The number of nitrogens with zero attached hydrogens (tertiary/aromatic N) is 1. The summed E-state index contributed by atoms with van der Waals surface area (Å²) in [5.41, 5.74) is 1.97. The highest BCUT2D eigenvalue weighted by molar-refractivity contribution is 6.30. The number of ether oxygens (including phenoxy) is 1. The molecule has 3 rings (SSSR count). The van der Waals surface area contributed by atoms with Crippen molar-refractivity contribution in [1.82, 2.24) is 4.90 Å².